The Kier molecular flexibility index (Phi) is 5.16. The lowest BCUT2D eigenvalue weighted by Gasteiger charge is -2.26. The number of hydrogen-bond acceptors (Lipinski definition) is 5. The van der Waals surface area contributed by atoms with Crippen LogP contribution in [0.3, 0.4) is 0 Å². The molecule has 1 aromatic carbocycles. The van der Waals surface area contributed by atoms with E-state index in [2.05, 4.69) is 10.1 Å². The van der Waals surface area contributed by atoms with E-state index in [9.17, 15) is 0 Å². The van der Waals surface area contributed by atoms with Gasteiger partial charge < -0.3 is 14.3 Å². The maximum absolute atomic E-state index is 5.89. The summed E-state index contributed by atoms with van der Waals surface area (Å²) in [5.41, 5.74) is 0.813. The van der Waals surface area contributed by atoms with Gasteiger partial charge in [0, 0.05) is 6.54 Å². The molecule has 0 aromatic heterocycles. The molecular formula is C17H24N2O3. The first kappa shape index (κ1) is 15.2. The highest BCUT2D eigenvalue weighted by Gasteiger charge is 2.23. The number of piperidine rings is 1. The van der Waals surface area contributed by atoms with Crippen LogP contribution in [0.15, 0.2) is 29.4 Å². The summed E-state index contributed by atoms with van der Waals surface area (Å²) in [5, 5.41) is 4.19. The molecular weight excluding hydrogens is 280 g/mol. The zero-order valence-electron chi connectivity index (χ0n) is 13.2. The molecule has 0 spiro atoms. The lowest BCUT2D eigenvalue weighted by Crippen LogP contribution is -2.35. The van der Waals surface area contributed by atoms with Crippen LogP contribution in [-0.2, 0) is 4.84 Å². The molecule has 0 aliphatic carbocycles. The van der Waals surface area contributed by atoms with Crippen molar-refractivity contribution in [1.29, 1.82) is 0 Å². The van der Waals surface area contributed by atoms with Gasteiger partial charge in [0.2, 0.25) is 0 Å². The van der Waals surface area contributed by atoms with E-state index < -0.39 is 0 Å². The van der Waals surface area contributed by atoms with Gasteiger partial charge in [-0.15, -0.1) is 0 Å². The van der Waals surface area contributed by atoms with Gasteiger partial charge in [-0.25, -0.2) is 0 Å². The second kappa shape index (κ2) is 7.49. The number of benzene rings is 1. The largest absolute Gasteiger partial charge is 0.485 e. The quantitative estimate of drug-likeness (QED) is 0.476. The smallest absolute Gasteiger partial charge is 0.174 e. The van der Waals surface area contributed by atoms with Crippen molar-refractivity contribution in [2.75, 3.05) is 32.8 Å². The summed E-state index contributed by atoms with van der Waals surface area (Å²) in [6, 6.07) is 7.69. The Morgan fingerprint density at radius 2 is 2.00 bits per heavy atom. The molecule has 3 rings (SSSR count). The highest BCUT2D eigenvalue weighted by molar-refractivity contribution is 5.86. The van der Waals surface area contributed by atoms with Crippen molar-refractivity contribution in [3.8, 4) is 11.5 Å². The van der Waals surface area contributed by atoms with Gasteiger partial charge in [-0.1, -0.05) is 23.7 Å². The maximum Gasteiger partial charge on any atom is 0.174 e. The Hall–Kier alpha value is -1.75. The van der Waals surface area contributed by atoms with Crippen molar-refractivity contribution in [3.05, 3.63) is 24.3 Å². The third-order valence-corrected chi connectivity index (χ3v) is 4.13. The molecule has 2 aliphatic heterocycles. The zero-order chi connectivity index (χ0) is 15.2. The summed E-state index contributed by atoms with van der Waals surface area (Å²) in [4.78, 5) is 7.89. The van der Waals surface area contributed by atoms with Crippen LogP contribution in [0, 0.1) is 0 Å². The standard InChI is InChI=1S/C17H24N2O3/c1-14(18-21-12-11-19-9-5-2-6-10-19)17-13-20-15-7-3-4-8-16(15)22-17/h3-4,7-8,17H,2,5-6,9-13H2,1H3/b18-14-/t17-/m1/s1. The van der Waals surface area contributed by atoms with Gasteiger partial charge in [0.25, 0.3) is 0 Å². The van der Waals surface area contributed by atoms with Crippen molar-refractivity contribution >= 4 is 5.71 Å². The Morgan fingerprint density at radius 3 is 2.82 bits per heavy atom. The SMILES string of the molecule is C/C(=N/OCCN1CCCCC1)[C@H]1COc2ccccc2O1. The topological polar surface area (TPSA) is 43.3 Å². The first-order valence-electron chi connectivity index (χ1n) is 8.10. The van der Waals surface area contributed by atoms with Crippen LogP contribution < -0.4 is 9.47 Å². The van der Waals surface area contributed by atoms with Gasteiger partial charge in [-0.05, 0) is 45.0 Å². The Morgan fingerprint density at radius 1 is 1.23 bits per heavy atom. The van der Waals surface area contributed by atoms with Crippen LogP contribution in [0.4, 0.5) is 0 Å². The first-order valence-corrected chi connectivity index (χ1v) is 8.10. The lowest BCUT2D eigenvalue weighted by atomic mass is 10.1. The molecule has 0 bridgehead atoms. The van der Waals surface area contributed by atoms with Crippen molar-refractivity contribution < 1.29 is 14.3 Å². The summed E-state index contributed by atoms with van der Waals surface area (Å²) >= 11 is 0. The molecule has 5 nitrogen and oxygen atoms in total. The number of rotatable bonds is 5. The Bertz CT molecular complexity index is 512. The Balaban J connectivity index is 1.44. The minimum atomic E-state index is -0.176. The van der Waals surface area contributed by atoms with Crippen molar-refractivity contribution in [3.63, 3.8) is 0 Å². The number of oxime groups is 1. The van der Waals surface area contributed by atoms with E-state index in [0.29, 0.717) is 13.2 Å². The van der Waals surface area contributed by atoms with E-state index in [1.807, 2.05) is 31.2 Å². The van der Waals surface area contributed by atoms with Crippen molar-refractivity contribution in [2.45, 2.75) is 32.3 Å². The average molecular weight is 304 g/mol. The van der Waals surface area contributed by atoms with E-state index in [1.54, 1.807) is 0 Å². The zero-order valence-corrected chi connectivity index (χ0v) is 13.2. The van der Waals surface area contributed by atoms with Gasteiger partial charge in [-0.2, -0.15) is 0 Å². The molecule has 1 aromatic rings. The molecule has 0 N–H and O–H groups in total. The van der Waals surface area contributed by atoms with Gasteiger partial charge in [0.05, 0.1) is 5.71 Å². The number of ether oxygens (including phenoxy) is 2. The second-order valence-electron chi connectivity index (χ2n) is 5.83. The summed E-state index contributed by atoms with van der Waals surface area (Å²) in [7, 11) is 0. The number of hydrogen-bond donors (Lipinski definition) is 0. The first-order chi connectivity index (χ1) is 10.8. The molecule has 2 heterocycles. The number of likely N-dealkylation sites (tertiary alicyclic amines) is 1. The highest BCUT2D eigenvalue weighted by Crippen LogP contribution is 2.31. The second-order valence-corrected chi connectivity index (χ2v) is 5.83. The molecule has 0 amide bonds. The van der Waals surface area contributed by atoms with Crippen LogP contribution in [0.2, 0.25) is 0 Å². The number of fused-ring (bicyclic) bond motifs is 1. The van der Waals surface area contributed by atoms with Crippen molar-refractivity contribution in [1.82, 2.24) is 4.90 Å². The summed E-state index contributed by atoms with van der Waals surface area (Å²) < 4.78 is 11.6. The molecule has 0 radical (unpaired) electrons. The van der Waals surface area contributed by atoms with Gasteiger partial charge in [0.1, 0.15) is 13.2 Å². The lowest BCUT2D eigenvalue weighted by molar-refractivity contribution is 0.0935. The maximum atomic E-state index is 5.89. The van der Waals surface area contributed by atoms with E-state index in [4.69, 9.17) is 14.3 Å². The van der Waals surface area contributed by atoms with Gasteiger partial charge >= 0.3 is 0 Å². The van der Waals surface area contributed by atoms with E-state index in [1.165, 1.54) is 32.4 Å². The van der Waals surface area contributed by atoms with Crippen LogP contribution in [0.1, 0.15) is 26.2 Å². The predicted octanol–water partition coefficient (Wildman–Crippen LogP) is 2.70. The predicted molar refractivity (Wildman–Crippen MR) is 85.7 cm³/mol. The number of nitrogens with zero attached hydrogens (tertiary/aromatic N) is 2. The minimum Gasteiger partial charge on any atom is -0.485 e. The molecule has 22 heavy (non-hydrogen) atoms. The van der Waals surface area contributed by atoms with E-state index in [-0.39, 0.29) is 6.10 Å². The summed E-state index contributed by atoms with van der Waals surface area (Å²) in [5.74, 6) is 1.55. The molecule has 2 aliphatic rings. The fraction of sp³-hybridized carbons (Fsp3) is 0.588. The molecule has 0 saturated carbocycles. The van der Waals surface area contributed by atoms with Crippen molar-refractivity contribution in [2.24, 2.45) is 5.16 Å². The van der Waals surface area contributed by atoms with E-state index in [0.717, 1.165) is 23.8 Å². The van der Waals surface area contributed by atoms with Gasteiger partial charge in [0.15, 0.2) is 17.6 Å². The molecule has 1 saturated heterocycles. The number of para-hydroxylation sites is 2. The van der Waals surface area contributed by atoms with Crippen LogP contribution in [0.5, 0.6) is 11.5 Å². The molecule has 1 atom stereocenters. The van der Waals surface area contributed by atoms with E-state index >= 15 is 0 Å². The fourth-order valence-electron chi connectivity index (χ4n) is 2.78. The average Bonchev–Trinajstić information content (AvgIpc) is 2.59. The molecule has 120 valence electrons. The highest BCUT2D eigenvalue weighted by atomic mass is 16.6. The molecule has 5 heteroatoms. The van der Waals surface area contributed by atoms with Crippen LogP contribution in [0.25, 0.3) is 0 Å². The Labute approximate surface area is 131 Å². The normalized spacial score (nSPS) is 22.4. The van der Waals surface area contributed by atoms with Crippen LogP contribution in [-0.4, -0.2) is 49.6 Å². The molecule has 0 unspecified atom stereocenters. The summed E-state index contributed by atoms with van der Waals surface area (Å²) in [6.07, 6.45) is 3.78. The fourth-order valence-corrected chi connectivity index (χ4v) is 2.78. The van der Waals surface area contributed by atoms with Crippen LogP contribution >= 0.6 is 0 Å². The monoisotopic (exact) mass is 304 g/mol. The third kappa shape index (κ3) is 3.91. The molecule has 1 fully saturated rings. The minimum absolute atomic E-state index is 0.176. The van der Waals surface area contributed by atoms with Gasteiger partial charge in [-0.3, -0.25) is 4.90 Å². The summed E-state index contributed by atoms with van der Waals surface area (Å²) in [6.45, 7) is 6.33. The third-order valence-electron chi connectivity index (χ3n) is 4.13.